The van der Waals surface area contributed by atoms with Gasteiger partial charge in [-0.15, -0.1) is 0 Å². The van der Waals surface area contributed by atoms with Gasteiger partial charge in [-0.25, -0.2) is 9.78 Å². The number of hydrogen-bond donors (Lipinski definition) is 2. The molecule has 0 spiro atoms. The van der Waals surface area contributed by atoms with E-state index in [0.717, 1.165) is 22.9 Å². The van der Waals surface area contributed by atoms with Crippen molar-refractivity contribution < 1.29 is 14.3 Å². The van der Waals surface area contributed by atoms with Gasteiger partial charge in [-0.2, -0.15) is 0 Å². The van der Waals surface area contributed by atoms with E-state index < -0.39 is 0 Å². The first-order valence-corrected chi connectivity index (χ1v) is 7.13. The molecule has 1 aromatic heterocycles. The number of carbonyl (C=O) groups excluding carboxylic acids is 1. The third kappa shape index (κ3) is 3.21. The van der Waals surface area contributed by atoms with Crippen LogP contribution in [0.4, 0.5) is 10.5 Å². The number of nitrogens with one attached hydrogen (secondary N) is 2. The summed E-state index contributed by atoms with van der Waals surface area (Å²) in [6.07, 6.45) is 3.55. The van der Waals surface area contributed by atoms with Crippen LogP contribution in [-0.4, -0.2) is 37.4 Å². The molecule has 0 aliphatic heterocycles. The summed E-state index contributed by atoms with van der Waals surface area (Å²) in [4.78, 5) is 16.0. The number of hydrogen-bond acceptors (Lipinski definition) is 4. The van der Waals surface area contributed by atoms with Gasteiger partial charge in [0.15, 0.2) is 0 Å². The molecule has 0 aromatic carbocycles. The van der Waals surface area contributed by atoms with Gasteiger partial charge >= 0.3 is 6.03 Å². The molecule has 0 unspecified atom stereocenters. The molecule has 1 aliphatic carbocycles. The highest BCUT2D eigenvalue weighted by atomic mass is 79.9. The molecule has 6 nitrogen and oxygen atoms in total. The van der Waals surface area contributed by atoms with Crippen molar-refractivity contribution in [2.45, 2.75) is 31.9 Å². The van der Waals surface area contributed by atoms with E-state index in [1.165, 1.54) is 0 Å². The van der Waals surface area contributed by atoms with Gasteiger partial charge in [0, 0.05) is 13.2 Å². The number of aromatic nitrogens is 1. The monoisotopic (exact) mass is 343 g/mol. The lowest BCUT2D eigenvalue weighted by molar-refractivity contribution is 0.0210. The zero-order chi connectivity index (χ0) is 14.7. The Morgan fingerprint density at radius 1 is 1.45 bits per heavy atom. The van der Waals surface area contributed by atoms with E-state index in [0.29, 0.717) is 11.6 Å². The Morgan fingerprint density at radius 3 is 2.75 bits per heavy atom. The molecule has 2 N–H and O–H groups in total. The van der Waals surface area contributed by atoms with Crippen LogP contribution in [0.3, 0.4) is 0 Å². The highest BCUT2D eigenvalue weighted by molar-refractivity contribution is 9.10. The largest absolute Gasteiger partial charge is 0.480 e. The second kappa shape index (κ2) is 6.41. The fourth-order valence-electron chi connectivity index (χ4n) is 2.04. The van der Waals surface area contributed by atoms with Crippen molar-refractivity contribution >= 4 is 27.6 Å². The van der Waals surface area contributed by atoms with E-state index in [4.69, 9.17) is 9.47 Å². The van der Waals surface area contributed by atoms with Gasteiger partial charge in [0.2, 0.25) is 5.88 Å². The van der Waals surface area contributed by atoms with Gasteiger partial charge in [-0.1, -0.05) is 0 Å². The highest BCUT2D eigenvalue weighted by Gasteiger charge is 2.30. The second-order valence-corrected chi connectivity index (χ2v) is 5.54. The van der Waals surface area contributed by atoms with Crippen LogP contribution in [-0.2, 0) is 4.74 Å². The van der Waals surface area contributed by atoms with Crippen LogP contribution < -0.4 is 15.4 Å². The van der Waals surface area contributed by atoms with Crippen molar-refractivity contribution in [1.82, 2.24) is 10.3 Å². The number of halogens is 1. The highest BCUT2D eigenvalue weighted by Crippen LogP contribution is 2.30. The standard InChI is InChI=1S/C13H18BrN3O3/c1-7-10(6-15-12(20-3)11(7)14)17-13(18)16-8-4-9(5-8)19-2/h6,8-9H,4-5H2,1-3H3,(H2,16,17,18). The first kappa shape index (κ1) is 15.1. The van der Waals surface area contributed by atoms with Crippen molar-refractivity contribution in [3.8, 4) is 5.88 Å². The molecule has 0 atom stereocenters. The zero-order valence-electron chi connectivity index (χ0n) is 11.7. The van der Waals surface area contributed by atoms with E-state index in [2.05, 4.69) is 31.5 Å². The lowest BCUT2D eigenvalue weighted by Crippen LogP contribution is -2.48. The van der Waals surface area contributed by atoms with Gasteiger partial charge in [-0.3, -0.25) is 0 Å². The van der Waals surface area contributed by atoms with Crippen molar-refractivity contribution in [1.29, 1.82) is 0 Å². The average Bonchev–Trinajstić information content (AvgIpc) is 2.39. The molecule has 1 saturated carbocycles. The quantitative estimate of drug-likeness (QED) is 0.880. The maximum atomic E-state index is 11.9. The zero-order valence-corrected chi connectivity index (χ0v) is 13.3. The predicted octanol–water partition coefficient (Wildman–Crippen LogP) is 2.46. The number of carbonyl (C=O) groups is 1. The van der Waals surface area contributed by atoms with E-state index in [1.54, 1.807) is 20.4 Å². The number of methoxy groups -OCH3 is 2. The minimum Gasteiger partial charge on any atom is -0.480 e. The normalized spacial score (nSPS) is 21.0. The molecule has 1 heterocycles. The molecule has 0 bridgehead atoms. The summed E-state index contributed by atoms with van der Waals surface area (Å²) in [6, 6.07) is -0.0542. The van der Waals surface area contributed by atoms with Gasteiger partial charge in [-0.05, 0) is 41.3 Å². The Labute approximate surface area is 126 Å². The molecule has 7 heteroatoms. The summed E-state index contributed by atoms with van der Waals surface area (Å²) in [5, 5.41) is 5.70. The summed E-state index contributed by atoms with van der Waals surface area (Å²) in [5.74, 6) is 0.496. The minimum atomic E-state index is -0.230. The summed E-state index contributed by atoms with van der Waals surface area (Å²) < 4.78 is 11.0. The van der Waals surface area contributed by atoms with E-state index in [-0.39, 0.29) is 18.2 Å². The molecule has 1 aliphatic rings. The number of anilines is 1. The fraction of sp³-hybridized carbons (Fsp3) is 0.538. The first-order valence-electron chi connectivity index (χ1n) is 6.34. The van der Waals surface area contributed by atoms with Crippen LogP contribution in [0.1, 0.15) is 18.4 Å². The maximum absolute atomic E-state index is 11.9. The summed E-state index contributed by atoms with van der Waals surface area (Å²) in [5.41, 5.74) is 1.52. The fourth-order valence-corrected chi connectivity index (χ4v) is 2.52. The van der Waals surface area contributed by atoms with E-state index in [9.17, 15) is 4.79 Å². The molecule has 0 radical (unpaired) electrons. The van der Waals surface area contributed by atoms with Gasteiger partial charge in [0.25, 0.3) is 0 Å². The lowest BCUT2D eigenvalue weighted by Gasteiger charge is -2.34. The second-order valence-electron chi connectivity index (χ2n) is 4.74. The van der Waals surface area contributed by atoms with Crippen LogP contribution >= 0.6 is 15.9 Å². The Bertz CT molecular complexity index is 504. The Balaban J connectivity index is 1.93. The Hall–Kier alpha value is -1.34. The number of ether oxygens (including phenoxy) is 2. The first-order chi connectivity index (χ1) is 9.55. The van der Waals surface area contributed by atoms with E-state index in [1.807, 2.05) is 6.92 Å². The maximum Gasteiger partial charge on any atom is 0.319 e. The number of pyridine rings is 1. The average molecular weight is 344 g/mol. The molecule has 0 saturated heterocycles. The van der Waals surface area contributed by atoms with Crippen LogP contribution in [0.25, 0.3) is 0 Å². The van der Waals surface area contributed by atoms with Crippen molar-refractivity contribution in [2.24, 2.45) is 0 Å². The van der Waals surface area contributed by atoms with Crippen molar-refractivity contribution in [2.75, 3.05) is 19.5 Å². The smallest absolute Gasteiger partial charge is 0.319 e. The number of amides is 2. The van der Waals surface area contributed by atoms with Crippen LogP contribution in [0.15, 0.2) is 10.7 Å². The van der Waals surface area contributed by atoms with Gasteiger partial charge < -0.3 is 20.1 Å². The number of rotatable bonds is 4. The number of nitrogens with zero attached hydrogens (tertiary/aromatic N) is 1. The van der Waals surface area contributed by atoms with Crippen molar-refractivity contribution in [3.63, 3.8) is 0 Å². The topological polar surface area (TPSA) is 72.5 Å². The summed E-state index contributed by atoms with van der Waals surface area (Å²) in [7, 11) is 3.24. The third-order valence-electron chi connectivity index (χ3n) is 3.44. The predicted molar refractivity (Wildman–Crippen MR) is 79.2 cm³/mol. The molecule has 1 fully saturated rings. The Morgan fingerprint density at radius 2 is 2.15 bits per heavy atom. The van der Waals surface area contributed by atoms with Crippen LogP contribution in [0.5, 0.6) is 5.88 Å². The minimum absolute atomic E-state index is 0.176. The molecule has 2 rings (SSSR count). The van der Waals surface area contributed by atoms with Crippen molar-refractivity contribution in [3.05, 3.63) is 16.2 Å². The van der Waals surface area contributed by atoms with E-state index >= 15 is 0 Å². The summed E-state index contributed by atoms with van der Waals surface area (Å²) >= 11 is 3.40. The van der Waals surface area contributed by atoms with Crippen LogP contribution in [0.2, 0.25) is 0 Å². The molecular formula is C13H18BrN3O3. The number of urea groups is 1. The molecule has 1 aromatic rings. The molecule has 2 amide bonds. The van der Waals surface area contributed by atoms with Gasteiger partial charge in [0.1, 0.15) is 0 Å². The third-order valence-corrected chi connectivity index (χ3v) is 4.37. The molecule has 20 heavy (non-hydrogen) atoms. The lowest BCUT2D eigenvalue weighted by atomic mass is 9.89. The summed E-state index contributed by atoms with van der Waals surface area (Å²) in [6.45, 7) is 1.88. The SMILES string of the molecule is COc1ncc(NC(=O)NC2CC(OC)C2)c(C)c1Br. The van der Waals surface area contributed by atoms with Crippen LogP contribution in [0, 0.1) is 6.92 Å². The molecular weight excluding hydrogens is 326 g/mol. The molecule has 110 valence electrons. The van der Waals surface area contributed by atoms with Gasteiger partial charge in [0.05, 0.1) is 29.6 Å². The Kier molecular flexibility index (Phi) is 4.82.